The van der Waals surface area contributed by atoms with Gasteiger partial charge in [0.15, 0.2) is 5.58 Å². The van der Waals surface area contributed by atoms with Crippen LogP contribution in [0, 0.1) is 12.7 Å². The number of rotatable bonds is 4. The Morgan fingerprint density at radius 2 is 1.21 bits per heavy atom. The Morgan fingerprint density at radius 1 is 0.569 bits per heavy atom. The fourth-order valence-electron chi connectivity index (χ4n) is 9.02. The number of fused-ring (bicyclic) bond motifs is 6. The van der Waals surface area contributed by atoms with E-state index in [1.54, 1.807) is 12.1 Å². The molecule has 58 heavy (non-hydrogen) atoms. The summed E-state index contributed by atoms with van der Waals surface area (Å²) >= 11 is 0. The summed E-state index contributed by atoms with van der Waals surface area (Å²) in [5, 5.41) is 0.922. The van der Waals surface area contributed by atoms with Gasteiger partial charge in [-0.25, -0.2) is 4.39 Å². The fourth-order valence-corrected chi connectivity index (χ4v) is 9.02. The normalized spacial score (nSPS) is 14.4. The van der Waals surface area contributed by atoms with Gasteiger partial charge in [-0.3, -0.25) is 0 Å². The zero-order valence-corrected chi connectivity index (χ0v) is 33.7. The van der Waals surface area contributed by atoms with Crippen LogP contribution in [0.4, 0.5) is 38.5 Å². The maximum absolute atomic E-state index is 14.9. The van der Waals surface area contributed by atoms with Gasteiger partial charge in [-0.1, -0.05) is 139 Å². The molecule has 284 valence electrons. The lowest BCUT2D eigenvalue weighted by molar-refractivity contribution is 0.590. The Balaban J connectivity index is 1.37. The Labute approximate surface area is 345 Å². The average Bonchev–Trinajstić information content (AvgIpc) is 3.63. The average molecular weight is 760 g/mol. The van der Waals surface area contributed by atoms with Crippen molar-refractivity contribution in [1.82, 2.24) is 0 Å². The molecule has 0 bridgehead atoms. The molecule has 0 fully saturated rings. The van der Waals surface area contributed by atoms with Gasteiger partial charge in [0, 0.05) is 49.1 Å². The topological polar surface area (TPSA) is 19.6 Å². The van der Waals surface area contributed by atoms with E-state index in [1.807, 2.05) is 48.5 Å². The minimum atomic E-state index is -2.44. The molecule has 0 saturated carbocycles. The third-order valence-electron chi connectivity index (χ3n) is 11.9. The molecule has 3 heterocycles. The molecular formula is C53H46BFN2O. The smallest absolute Gasteiger partial charge is 0.252 e. The summed E-state index contributed by atoms with van der Waals surface area (Å²) in [5.74, 6) is 0.375. The van der Waals surface area contributed by atoms with E-state index in [9.17, 15) is 4.39 Å². The van der Waals surface area contributed by atoms with Gasteiger partial charge >= 0.3 is 0 Å². The second kappa shape index (κ2) is 13.1. The van der Waals surface area contributed by atoms with Crippen molar-refractivity contribution in [2.45, 2.75) is 59.2 Å². The van der Waals surface area contributed by atoms with Crippen molar-refractivity contribution in [2.75, 3.05) is 9.80 Å². The monoisotopic (exact) mass is 759 g/mol. The molecule has 0 unspecified atom stereocenters. The molecule has 2 aliphatic rings. The largest absolute Gasteiger partial charge is 0.453 e. The van der Waals surface area contributed by atoms with Crippen molar-refractivity contribution in [3.05, 3.63) is 174 Å². The molecular weight excluding hydrogens is 710 g/mol. The van der Waals surface area contributed by atoms with Crippen molar-refractivity contribution in [3.63, 3.8) is 0 Å². The van der Waals surface area contributed by atoms with Crippen LogP contribution in [0.2, 0.25) is 0 Å². The lowest BCUT2D eigenvalue weighted by Gasteiger charge is -2.44. The number of halogens is 1. The van der Waals surface area contributed by atoms with Crippen molar-refractivity contribution in [3.8, 4) is 22.5 Å². The zero-order chi connectivity index (χ0) is 42.6. The minimum absolute atomic E-state index is 0.131. The third-order valence-corrected chi connectivity index (χ3v) is 11.9. The van der Waals surface area contributed by atoms with E-state index in [2.05, 4.69) is 130 Å². The maximum Gasteiger partial charge on any atom is 0.252 e. The van der Waals surface area contributed by atoms with Gasteiger partial charge in [0.2, 0.25) is 0 Å². The van der Waals surface area contributed by atoms with Crippen LogP contribution in [-0.2, 0) is 10.8 Å². The molecule has 5 heteroatoms. The zero-order valence-electron chi connectivity index (χ0n) is 36.7. The van der Waals surface area contributed by atoms with Crippen LogP contribution >= 0.6 is 0 Å². The first kappa shape index (κ1) is 32.7. The maximum atomic E-state index is 14.9. The highest BCUT2D eigenvalue weighted by atomic mass is 19.1. The van der Waals surface area contributed by atoms with E-state index in [-0.39, 0.29) is 28.9 Å². The highest BCUT2D eigenvalue weighted by molar-refractivity contribution is 7.00. The molecule has 1 aromatic heterocycles. The molecule has 2 aliphatic heterocycles. The number of nitrogens with zero attached hydrogens (tertiary/aromatic N) is 2. The van der Waals surface area contributed by atoms with Gasteiger partial charge in [0.25, 0.3) is 6.71 Å². The lowest BCUT2D eigenvalue weighted by atomic mass is 9.33. The standard InChI is InChI=1S/C53H46BFN2O/c1-33-29-45-48-46(30-33)57(39-24-22-38(55)23-25-39)49-43(28-26-41-47(34-15-10-8-11-16-34)50(58-51(41)49)35-17-12-9-13-18-35)54(48)42-27-21-37(53(5,6)7)32-44(42)56(45)40-20-14-19-36(31-40)52(2,3)4/h8-32H,1-7H3/i1D3. The van der Waals surface area contributed by atoms with E-state index in [1.165, 1.54) is 23.3 Å². The molecule has 10 rings (SSSR count). The predicted molar refractivity (Wildman–Crippen MR) is 243 cm³/mol. The van der Waals surface area contributed by atoms with Gasteiger partial charge in [-0.05, 0) is 111 Å². The van der Waals surface area contributed by atoms with E-state index in [0.29, 0.717) is 17.0 Å². The molecule has 0 saturated heterocycles. The molecule has 3 nitrogen and oxygen atoms in total. The first-order valence-corrected chi connectivity index (χ1v) is 20.1. The number of aryl methyl sites for hydroxylation is 1. The van der Waals surface area contributed by atoms with Crippen LogP contribution in [0.5, 0.6) is 0 Å². The Bertz CT molecular complexity index is 3000. The van der Waals surface area contributed by atoms with Crippen LogP contribution in [-0.4, -0.2) is 6.71 Å². The number of hydrogen-bond acceptors (Lipinski definition) is 3. The summed E-state index contributed by atoms with van der Waals surface area (Å²) < 4.78 is 48.8. The van der Waals surface area contributed by atoms with Crippen LogP contribution in [0.3, 0.4) is 0 Å². The van der Waals surface area contributed by atoms with Crippen LogP contribution in [0.25, 0.3) is 33.4 Å². The van der Waals surface area contributed by atoms with Gasteiger partial charge in [-0.15, -0.1) is 0 Å². The lowest BCUT2D eigenvalue weighted by Crippen LogP contribution is -2.61. The molecule has 0 atom stereocenters. The summed E-state index contributed by atoms with van der Waals surface area (Å²) in [6.07, 6.45) is 0. The predicted octanol–water partition coefficient (Wildman–Crippen LogP) is 12.9. The van der Waals surface area contributed by atoms with Gasteiger partial charge in [-0.2, -0.15) is 0 Å². The van der Waals surface area contributed by atoms with Crippen molar-refractivity contribution < 1.29 is 12.9 Å². The fraction of sp³-hybridized carbons (Fsp3) is 0.170. The summed E-state index contributed by atoms with van der Waals surface area (Å²) in [5.41, 5.74) is 13.9. The Morgan fingerprint density at radius 3 is 1.88 bits per heavy atom. The number of benzene rings is 7. The SMILES string of the molecule is [2H]C([2H])([2H])c1cc2c3c(c1)N(c1ccc(F)cc1)c1c(ccc4c(-c5ccccc5)c(-c5ccccc5)oc14)B3c1ccc(C(C)(C)C)cc1N2c1cccc(C(C)(C)C)c1. The summed E-state index contributed by atoms with van der Waals surface area (Å²) in [6.45, 7) is 10.5. The molecule has 8 aromatic rings. The highest BCUT2D eigenvalue weighted by Crippen LogP contribution is 2.50. The summed E-state index contributed by atoms with van der Waals surface area (Å²) in [6, 6.07) is 50.4. The Hall–Kier alpha value is -6.33. The van der Waals surface area contributed by atoms with Crippen molar-refractivity contribution in [1.29, 1.82) is 0 Å². The van der Waals surface area contributed by atoms with Crippen LogP contribution in [0.15, 0.2) is 156 Å². The van der Waals surface area contributed by atoms with Gasteiger partial charge in [0.05, 0.1) is 5.69 Å². The van der Waals surface area contributed by atoms with E-state index in [0.717, 1.165) is 67.0 Å². The highest BCUT2D eigenvalue weighted by Gasteiger charge is 2.45. The van der Waals surface area contributed by atoms with Gasteiger partial charge in [0.1, 0.15) is 11.6 Å². The third kappa shape index (κ3) is 5.70. The molecule has 0 spiro atoms. The Kier molecular flexibility index (Phi) is 7.40. The molecule has 7 aromatic carbocycles. The second-order valence-corrected chi connectivity index (χ2v) is 17.8. The summed E-state index contributed by atoms with van der Waals surface area (Å²) in [7, 11) is 0. The first-order valence-electron chi connectivity index (χ1n) is 21.6. The van der Waals surface area contributed by atoms with Crippen LogP contribution < -0.4 is 26.2 Å². The van der Waals surface area contributed by atoms with E-state index < -0.39 is 6.85 Å². The molecule has 0 amide bonds. The molecule has 0 N–H and O–H groups in total. The quantitative estimate of drug-likeness (QED) is 0.167. The van der Waals surface area contributed by atoms with E-state index >= 15 is 0 Å². The van der Waals surface area contributed by atoms with Crippen molar-refractivity contribution >= 4 is 68.2 Å². The van der Waals surface area contributed by atoms with Crippen LogP contribution in [0.1, 0.15) is 62.3 Å². The molecule has 0 aliphatic carbocycles. The number of hydrogen-bond donors (Lipinski definition) is 0. The summed E-state index contributed by atoms with van der Waals surface area (Å²) in [4.78, 5) is 4.37. The second-order valence-electron chi connectivity index (χ2n) is 17.8. The van der Waals surface area contributed by atoms with Gasteiger partial charge < -0.3 is 14.2 Å². The number of anilines is 6. The number of furan rings is 1. The minimum Gasteiger partial charge on any atom is -0.453 e. The first-order chi connectivity index (χ1) is 29.1. The van der Waals surface area contributed by atoms with E-state index in [4.69, 9.17) is 8.53 Å². The molecule has 0 radical (unpaired) electrons. The van der Waals surface area contributed by atoms with Crippen molar-refractivity contribution in [2.24, 2.45) is 0 Å².